The van der Waals surface area contributed by atoms with Gasteiger partial charge < -0.3 is 14.3 Å². The molecule has 4 nitrogen and oxygen atoms in total. The van der Waals surface area contributed by atoms with Crippen molar-refractivity contribution < 1.29 is 14.3 Å². The minimum atomic E-state index is 0.130. The Morgan fingerprint density at radius 2 is 1.89 bits per heavy atom. The van der Waals surface area contributed by atoms with Gasteiger partial charge >= 0.3 is 0 Å². The maximum Gasteiger partial charge on any atom is 0.157 e. The molecule has 1 heterocycles. The van der Waals surface area contributed by atoms with Crippen LogP contribution >= 0.6 is 57.7 Å². The highest BCUT2D eigenvalue weighted by Gasteiger charge is 2.11. The molecule has 0 unspecified atom stereocenters. The topological polar surface area (TPSA) is 40.0 Å². The molecule has 0 saturated heterocycles. The second-order valence-electron chi connectivity index (χ2n) is 5.53. The molecule has 0 aliphatic carbocycles. The van der Waals surface area contributed by atoms with E-state index < -0.39 is 0 Å². The zero-order valence-corrected chi connectivity index (χ0v) is 18.9. The maximum absolute atomic E-state index is 6.27. The van der Waals surface area contributed by atoms with Crippen LogP contribution in [0.2, 0.25) is 10.0 Å². The quantitative estimate of drug-likeness (QED) is 0.189. The molecule has 2 rings (SSSR count). The van der Waals surface area contributed by atoms with E-state index in [0.29, 0.717) is 34.8 Å². The summed E-state index contributed by atoms with van der Waals surface area (Å²) in [6.07, 6.45) is 5.27. The van der Waals surface area contributed by atoms with Crippen molar-refractivity contribution >= 4 is 64.0 Å². The fraction of sp³-hybridized carbons (Fsp3) is 0.316. The van der Waals surface area contributed by atoms with E-state index in [2.05, 4.69) is 12.1 Å². The van der Waals surface area contributed by atoms with Gasteiger partial charge in [-0.25, -0.2) is 0 Å². The highest BCUT2D eigenvalue weighted by molar-refractivity contribution is 7.13. The van der Waals surface area contributed by atoms with Gasteiger partial charge in [0.15, 0.2) is 5.75 Å². The number of halogens is 4. The summed E-state index contributed by atoms with van der Waals surface area (Å²) in [6.45, 7) is 3.27. The molecule has 0 atom stereocenters. The van der Waals surface area contributed by atoms with Crippen LogP contribution in [0.4, 0.5) is 0 Å². The normalized spacial score (nSPS) is 10.9. The zero-order chi connectivity index (χ0) is 20.4. The van der Waals surface area contributed by atoms with Crippen molar-refractivity contribution in [2.24, 2.45) is 5.16 Å². The molecule has 9 heteroatoms. The minimum Gasteiger partial charge on any atom is -0.489 e. The van der Waals surface area contributed by atoms with Crippen molar-refractivity contribution in [3.8, 4) is 11.5 Å². The SMILES string of the molecule is CCCCON=Cc1ccc(COc2c(Cl)cc(OCC=C(Cl)Cl)cc2Cl)s1. The minimum absolute atomic E-state index is 0.130. The van der Waals surface area contributed by atoms with Gasteiger partial charge in [0, 0.05) is 21.9 Å². The molecule has 0 fully saturated rings. The number of oxime groups is 1. The number of nitrogens with zero attached hydrogens (tertiary/aromatic N) is 1. The Balaban J connectivity index is 1.91. The first-order valence-corrected chi connectivity index (χ1v) is 10.8. The summed E-state index contributed by atoms with van der Waals surface area (Å²) in [5, 5.41) is 4.66. The predicted octanol–water partition coefficient (Wildman–Crippen LogP) is 7.48. The van der Waals surface area contributed by atoms with Crippen molar-refractivity contribution in [2.45, 2.75) is 26.4 Å². The van der Waals surface area contributed by atoms with Crippen LogP contribution in [0.5, 0.6) is 11.5 Å². The van der Waals surface area contributed by atoms with E-state index in [9.17, 15) is 0 Å². The Bertz CT molecular complexity index is 796. The van der Waals surface area contributed by atoms with Gasteiger partial charge in [0.25, 0.3) is 0 Å². The van der Waals surface area contributed by atoms with Gasteiger partial charge in [-0.15, -0.1) is 11.3 Å². The Morgan fingerprint density at radius 1 is 1.14 bits per heavy atom. The molecule has 0 amide bonds. The summed E-state index contributed by atoms with van der Waals surface area (Å²) in [5.74, 6) is 0.888. The maximum atomic E-state index is 6.27. The third-order valence-corrected chi connectivity index (χ3v) is 5.21. The molecule has 1 aromatic carbocycles. The molecular formula is C19H19Cl4NO3S. The van der Waals surface area contributed by atoms with Crippen LogP contribution in [0, 0.1) is 0 Å². The monoisotopic (exact) mass is 481 g/mol. The molecule has 0 bridgehead atoms. The molecule has 0 spiro atoms. The van der Waals surface area contributed by atoms with E-state index >= 15 is 0 Å². The summed E-state index contributed by atoms with van der Waals surface area (Å²) in [6, 6.07) is 7.16. The number of hydrogen-bond donors (Lipinski definition) is 0. The lowest BCUT2D eigenvalue weighted by Gasteiger charge is -2.11. The fourth-order valence-corrected chi connectivity index (χ4v) is 3.48. The van der Waals surface area contributed by atoms with E-state index in [1.807, 2.05) is 12.1 Å². The van der Waals surface area contributed by atoms with Gasteiger partial charge in [0.05, 0.1) is 16.3 Å². The Labute approximate surface area is 188 Å². The van der Waals surface area contributed by atoms with Crippen LogP contribution in [-0.2, 0) is 11.4 Å². The van der Waals surface area contributed by atoms with Gasteiger partial charge in [-0.05, 0) is 24.6 Å². The predicted molar refractivity (Wildman–Crippen MR) is 119 cm³/mol. The number of rotatable bonds is 11. The summed E-state index contributed by atoms with van der Waals surface area (Å²) in [4.78, 5) is 7.16. The van der Waals surface area contributed by atoms with E-state index in [0.717, 1.165) is 22.6 Å². The fourth-order valence-electron chi connectivity index (χ4n) is 1.99. The number of benzene rings is 1. The molecule has 0 saturated carbocycles. The lowest BCUT2D eigenvalue weighted by Crippen LogP contribution is -1.97. The van der Waals surface area contributed by atoms with Crippen molar-refractivity contribution in [1.29, 1.82) is 0 Å². The molecule has 0 aliphatic rings. The van der Waals surface area contributed by atoms with Crippen LogP contribution < -0.4 is 9.47 Å². The lowest BCUT2D eigenvalue weighted by molar-refractivity contribution is 0.143. The van der Waals surface area contributed by atoms with Gasteiger partial charge in [0.2, 0.25) is 0 Å². The number of unbranched alkanes of at least 4 members (excludes halogenated alkanes) is 1. The average molecular weight is 483 g/mol. The van der Waals surface area contributed by atoms with Crippen LogP contribution in [0.3, 0.4) is 0 Å². The molecule has 1 aromatic heterocycles. The third-order valence-electron chi connectivity index (χ3n) is 3.34. The Hall–Kier alpha value is -1.11. The summed E-state index contributed by atoms with van der Waals surface area (Å²) in [5.41, 5.74) is 0. The highest BCUT2D eigenvalue weighted by atomic mass is 35.5. The first-order valence-electron chi connectivity index (χ1n) is 8.49. The lowest BCUT2D eigenvalue weighted by atomic mass is 10.3. The molecule has 0 radical (unpaired) electrons. The van der Waals surface area contributed by atoms with Crippen molar-refractivity contribution in [3.05, 3.63) is 54.6 Å². The second kappa shape index (κ2) is 12.5. The highest BCUT2D eigenvalue weighted by Crippen LogP contribution is 2.37. The summed E-state index contributed by atoms with van der Waals surface area (Å²) < 4.78 is 11.4. The van der Waals surface area contributed by atoms with E-state index in [4.69, 9.17) is 60.7 Å². The molecular weight excluding hydrogens is 464 g/mol. The van der Waals surface area contributed by atoms with Crippen LogP contribution in [0.1, 0.15) is 29.5 Å². The molecule has 152 valence electrons. The largest absolute Gasteiger partial charge is 0.489 e. The molecule has 28 heavy (non-hydrogen) atoms. The summed E-state index contributed by atoms with van der Waals surface area (Å²) >= 11 is 25.2. The van der Waals surface area contributed by atoms with Crippen molar-refractivity contribution in [3.63, 3.8) is 0 Å². The number of thiophene rings is 1. The van der Waals surface area contributed by atoms with Crippen molar-refractivity contribution in [2.75, 3.05) is 13.2 Å². The first kappa shape index (κ1) is 23.2. The van der Waals surface area contributed by atoms with Crippen LogP contribution in [0.15, 0.2) is 40.0 Å². The number of hydrogen-bond acceptors (Lipinski definition) is 5. The molecule has 2 aromatic rings. The van der Waals surface area contributed by atoms with E-state index in [1.54, 1.807) is 29.7 Å². The standard InChI is InChI=1S/C19H19Cl4NO3S/c1-2-3-7-27-24-11-14-4-5-15(28-14)12-26-19-16(20)9-13(10-17(19)21)25-8-6-18(22)23/h4-6,9-11H,2-3,7-8,12H2,1H3. The zero-order valence-electron chi connectivity index (χ0n) is 15.1. The Kier molecular flexibility index (Phi) is 10.3. The molecule has 0 aliphatic heterocycles. The van der Waals surface area contributed by atoms with Crippen LogP contribution in [-0.4, -0.2) is 19.4 Å². The van der Waals surface area contributed by atoms with E-state index in [1.165, 1.54) is 6.08 Å². The van der Waals surface area contributed by atoms with Crippen molar-refractivity contribution in [1.82, 2.24) is 0 Å². The molecule has 0 N–H and O–H groups in total. The third kappa shape index (κ3) is 8.10. The van der Waals surface area contributed by atoms with Gasteiger partial charge in [0.1, 0.15) is 30.1 Å². The summed E-state index contributed by atoms with van der Waals surface area (Å²) in [7, 11) is 0. The second-order valence-corrected chi connectivity index (χ2v) is 8.56. The Morgan fingerprint density at radius 3 is 2.57 bits per heavy atom. The average Bonchev–Trinajstić information content (AvgIpc) is 3.08. The van der Waals surface area contributed by atoms with Gasteiger partial charge in [-0.3, -0.25) is 0 Å². The van der Waals surface area contributed by atoms with Gasteiger partial charge in [-0.1, -0.05) is 64.9 Å². The van der Waals surface area contributed by atoms with Gasteiger partial charge in [-0.2, -0.15) is 0 Å². The number of ether oxygens (including phenoxy) is 2. The van der Waals surface area contributed by atoms with Crippen LogP contribution in [0.25, 0.3) is 0 Å². The smallest absolute Gasteiger partial charge is 0.157 e. The van der Waals surface area contributed by atoms with E-state index in [-0.39, 0.29) is 11.1 Å². The first-order chi connectivity index (χ1) is 13.5.